The Morgan fingerprint density at radius 1 is 1.48 bits per heavy atom. The van der Waals surface area contributed by atoms with Crippen LogP contribution in [0.2, 0.25) is 0 Å². The molecule has 0 spiro atoms. The van der Waals surface area contributed by atoms with E-state index in [0.29, 0.717) is 18.6 Å². The van der Waals surface area contributed by atoms with Crippen molar-refractivity contribution in [3.63, 3.8) is 0 Å². The van der Waals surface area contributed by atoms with Gasteiger partial charge in [0.15, 0.2) is 0 Å². The van der Waals surface area contributed by atoms with Crippen molar-refractivity contribution in [1.82, 2.24) is 10.6 Å². The predicted octanol–water partition coefficient (Wildman–Crippen LogP) is 2.91. The Bertz CT molecular complexity index is 484. The standard InChI is InChI=1S/C16H25N3O2/c1-12(10-15-7-3-4-9-17-15)18-11-14-6-5-8-16(13(14)2)19(20)21/h5-6,8,12,15,17-18H,3-4,7,9-11H2,1-2H3. The number of benzene rings is 1. The first-order valence-electron chi connectivity index (χ1n) is 7.77. The summed E-state index contributed by atoms with van der Waals surface area (Å²) in [5, 5.41) is 18.0. The maximum absolute atomic E-state index is 11.0. The third kappa shape index (κ3) is 4.51. The first-order chi connectivity index (χ1) is 10.1. The summed E-state index contributed by atoms with van der Waals surface area (Å²) in [7, 11) is 0. The Kier molecular flexibility index (Phi) is 5.70. The summed E-state index contributed by atoms with van der Waals surface area (Å²) >= 11 is 0. The smallest absolute Gasteiger partial charge is 0.272 e. The molecule has 5 heteroatoms. The fourth-order valence-electron chi connectivity index (χ4n) is 2.98. The first-order valence-corrected chi connectivity index (χ1v) is 7.77. The van der Waals surface area contributed by atoms with E-state index in [-0.39, 0.29) is 10.6 Å². The maximum Gasteiger partial charge on any atom is 0.272 e. The van der Waals surface area contributed by atoms with E-state index < -0.39 is 0 Å². The number of nitro groups is 1. The molecule has 0 aliphatic carbocycles. The lowest BCUT2D eigenvalue weighted by Crippen LogP contribution is -2.39. The number of nitro benzene ring substituents is 1. The zero-order valence-electron chi connectivity index (χ0n) is 12.9. The molecule has 0 amide bonds. The van der Waals surface area contributed by atoms with Crippen LogP contribution in [0.1, 0.15) is 43.7 Å². The fourth-order valence-corrected chi connectivity index (χ4v) is 2.98. The van der Waals surface area contributed by atoms with E-state index in [2.05, 4.69) is 17.6 Å². The second-order valence-electron chi connectivity index (χ2n) is 5.98. The molecular formula is C16H25N3O2. The van der Waals surface area contributed by atoms with Crippen molar-refractivity contribution >= 4 is 5.69 Å². The van der Waals surface area contributed by atoms with Crippen LogP contribution >= 0.6 is 0 Å². The van der Waals surface area contributed by atoms with Gasteiger partial charge in [0.25, 0.3) is 5.69 Å². The minimum Gasteiger partial charge on any atom is -0.314 e. The molecule has 1 aliphatic rings. The summed E-state index contributed by atoms with van der Waals surface area (Å²) < 4.78 is 0. The van der Waals surface area contributed by atoms with Gasteiger partial charge in [-0.15, -0.1) is 0 Å². The van der Waals surface area contributed by atoms with Crippen LogP contribution in [0, 0.1) is 17.0 Å². The monoisotopic (exact) mass is 291 g/mol. The van der Waals surface area contributed by atoms with Crippen LogP contribution in [0.15, 0.2) is 18.2 Å². The number of nitrogens with zero attached hydrogens (tertiary/aromatic N) is 1. The molecule has 2 N–H and O–H groups in total. The minimum atomic E-state index is -0.311. The van der Waals surface area contributed by atoms with Gasteiger partial charge in [-0.2, -0.15) is 0 Å². The van der Waals surface area contributed by atoms with Gasteiger partial charge in [0.1, 0.15) is 0 Å². The van der Waals surface area contributed by atoms with Crippen LogP contribution in [-0.2, 0) is 6.54 Å². The Morgan fingerprint density at radius 2 is 2.29 bits per heavy atom. The molecule has 0 saturated carbocycles. The molecule has 0 bridgehead atoms. The van der Waals surface area contributed by atoms with E-state index in [4.69, 9.17) is 0 Å². The van der Waals surface area contributed by atoms with Crippen LogP contribution in [0.3, 0.4) is 0 Å². The highest BCUT2D eigenvalue weighted by atomic mass is 16.6. The van der Waals surface area contributed by atoms with Crippen LogP contribution in [0.4, 0.5) is 5.69 Å². The van der Waals surface area contributed by atoms with Crippen molar-refractivity contribution in [2.24, 2.45) is 0 Å². The average Bonchev–Trinajstić information content (AvgIpc) is 2.47. The molecule has 1 fully saturated rings. The summed E-state index contributed by atoms with van der Waals surface area (Å²) in [5.74, 6) is 0. The topological polar surface area (TPSA) is 67.2 Å². The van der Waals surface area contributed by atoms with Gasteiger partial charge in [0.05, 0.1) is 4.92 Å². The first kappa shape index (κ1) is 15.9. The Balaban J connectivity index is 1.87. The zero-order valence-corrected chi connectivity index (χ0v) is 12.9. The number of hydrogen-bond donors (Lipinski definition) is 2. The molecule has 1 aromatic carbocycles. The van der Waals surface area contributed by atoms with Gasteiger partial charge in [0, 0.05) is 30.3 Å². The highest BCUT2D eigenvalue weighted by Crippen LogP contribution is 2.21. The predicted molar refractivity (Wildman–Crippen MR) is 84.4 cm³/mol. The van der Waals surface area contributed by atoms with Crippen molar-refractivity contribution in [2.75, 3.05) is 6.54 Å². The van der Waals surface area contributed by atoms with Gasteiger partial charge in [-0.3, -0.25) is 10.1 Å². The molecule has 21 heavy (non-hydrogen) atoms. The summed E-state index contributed by atoms with van der Waals surface area (Å²) in [5.41, 5.74) is 1.97. The molecule has 0 radical (unpaired) electrons. The van der Waals surface area contributed by atoms with Crippen molar-refractivity contribution in [1.29, 1.82) is 0 Å². The SMILES string of the molecule is Cc1c(CNC(C)CC2CCCCN2)cccc1[N+](=O)[O-]. The van der Waals surface area contributed by atoms with Gasteiger partial charge >= 0.3 is 0 Å². The largest absolute Gasteiger partial charge is 0.314 e. The quantitative estimate of drug-likeness (QED) is 0.624. The van der Waals surface area contributed by atoms with Crippen LogP contribution < -0.4 is 10.6 Å². The number of nitrogens with one attached hydrogen (secondary N) is 2. The molecular weight excluding hydrogens is 266 g/mol. The number of hydrogen-bond acceptors (Lipinski definition) is 4. The molecule has 116 valence electrons. The van der Waals surface area contributed by atoms with E-state index in [1.165, 1.54) is 19.3 Å². The Morgan fingerprint density at radius 3 is 2.95 bits per heavy atom. The Labute approximate surface area is 126 Å². The van der Waals surface area contributed by atoms with E-state index in [9.17, 15) is 10.1 Å². The second-order valence-corrected chi connectivity index (χ2v) is 5.98. The van der Waals surface area contributed by atoms with Gasteiger partial charge in [-0.05, 0) is 45.2 Å². The third-order valence-electron chi connectivity index (χ3n) is 4.31. The minimum absolute atomic E-state index is 0.205. The van der Waals surface area contributed by atoms with Gasteiger partial charge in [-0.25, -0.2) is 0 Å². The lowest BCUT2D eigenvalue weighted by Gasteiger charge is -2.26. The van der Waals surface area contributed by atoms with Gasteiger partial charge in [-0.1, -0.05) is 18.6 Å². The van der Waals surface area contributed by atoms with Crippen LogP contribution in [0.25, 0.3) is 0 Å². The van der Waals surface area contributed by atoms with Crippen molar-refractivity contribution in [2.45, 2.75) is 58.2 Å². The molecule has 2 unspecified atom stereocenters. The normalized spacial score (nSPS) is 20.2. The summed E-state index contributed by atoms with van der Waals surface area (Å²) in [4.78, 5) is 10.6. The van der Waals surface area contributed by atoms with Crippen LogP contribution in [0.5, 0.6) is 0 Å². The maximum atomic E-state index is 11.0. The Hall–Kier alpha value is -1.46. The molecule has 1 aliphatic heterocycles. The van der Waals surface area contributed by atoms with E-state index >= 15 is 0 Å². The molecule has 2 atom stereocenters. The third-order valence-corrected chi connectivity index (χ3v) is 4.31. The van der Waals surface area contributed by atoms with Crippen LogP contribution in [-0.4, -0.2) is 23.6 Å². The lowest BCUT2D eigenvalue weighted by molar-refractivity contribution is -0.385. The van der Waals surface area contributed by atoms with E-state index in [0.717, 1.165) is 24.1 Å². The molecule has 1 saturated heterocycles. The van der Waals surface area contributed by atoms with Gasteiger partial charge < -0.3 is 10.6 Å². The fraction of sp³-hybridized carbons (Fsp3) is 0.625. The molecule has 5 nitrogen and oxygen atoms in total. The average molecular weight is 291 g/mol. The highest BCUT2D eigenvalue weighted by molar-refractivity contribution is 5.44. The summed E-state index contributed by atoms with van der Waals surface area (Å²) in [6.45, 7) is 5.81. The number of rotatable bonds is 6. The molecule has 1 heterocycles. The summed E-state index contributed by atoms with van der Waals surface area (Å²) in [6, 6.07) is 6.29. The van der Waals surface area contributed by atoms with Crippen molar-refractivity contribution in [3.8, 4) is 0 Å². The molecule has 1 aromatic rings. The molecule has 0 aromatic heterocycles. The highest BCUT2D eigenvalue weighted by Gasteiger charge is 2.17. The lowest BCUT2D eigenvalue weighted by atomic mass is 9.98. The second kappa shape index (κ2) is 7.52. The van der Waals surface area contributed by atoms with Gasteiger partial charge in [0.2, 0.25) is 0 Å². The van der Waals surface area contributed by atoms with Crippen molar-refractivity contribution < 1.29 is 4.92 Å². The summed E-state index contributed by atoms with van der Waals surface area (Å²) in [6.07, 6.45) is 4.95. The van der Waals surface area contributed by atoms with Crippen molar-refractivity contribution in [3.05, 3.63) is 39.4 Å². The van der Waals surface area contributed by atoms with E-state index in [1.807, 2.05) is 13.0 Å². The number of piperidine rings is 1. The molecule has 2 rings (SSSR count). The zero-order chi connectivity index (χ0) is 15.2. The van der Waals surface area contributed by atoms with E-state index in [1.54, 1.807) is 12.1 Å².